The normalized spacial score (nSPS) is 23.2. The summed E-state index contributed by atoms with van der Waals surface area (Å²) in [6.07, 6.45) is 1.44. The Morgan fingerprint density at radius 2 is 2.33 bits per heavy atom. The van der Waals surface area contributed by atoms with E-state index in [0.29, 0.717) is 24.3 Å². The van der Waals surface area contributed by atoms with E-state index in [4.69, 9.17) is 9.47 Å². The summed E-state index contributed by atoms with van der Waals surface area (Å²) in [5, 5.41) is 13.3. The molecule has 0 saturated carbocycles. The van der Waals surface area contributed by atoms with Crippen LogP contribution in [-0.2, 0) is 11.3 Å². The van der Waals surface area contributed by atoms with Crippen LogP contribution < -0.4 is 10.1 Å². The molecule has 2 unspecified atom stereocenters. The van der Waals surface area contributed by atoms with E-state index < -0.39 is 0 Å². The number of nitrogens with one attached hydrogen (secondary N) is 1. The van der Waals surface area contributed by atoms with Gasteiger partial charge >= 0.3 is 0 Å². The molecule has 1 fully saturated rings. The van der Waals surface area contributed by atoms with Crippen molar-refractivity contribution in [2.24, 2.45) is 5.92 Å². The van der Waals surface area contributed by atoms with Crippen molar-refractivity contribution in [1.82, 2.24) is 5.32 Å². The third-order valence-electron chi connectivity index (χ3n) is 3.56. The molecule has 0 radical (unpaired) electrons. The Morgan fingerprint density at radius 1 is 1.50 bits per heavy atom. The van der Waals surface area contributed by atoms with Gasteiger partial charge in [-0.3, -0.25) is 0 Å². The standard InChI is InChI=1S/C14H21NO3/c1-10-11(6-7-18-10)8-15-9-12-4-3-5-13(17-2)14(12)16/h3-5,10-11,15-16H,6-9H2,1-2H3. The summed E-state index contributed by atoms with van der Waals surface area (Å²) in [5.41, 5.74) is 0.862. The van der Waals surface area contributed by atoms with Crippen molar-refractivity contribution >= 4 is 0 Å². The summed E-state index contributed by atoms with van der Waals surface area (Å²) in [6, 6.07) is 5.54. The van der Waals surface area contributed by atoms with Crippen molar-refractivity contribution < 1.29 is 14.6 Å². The minimum absolute atomic E-state index is 0.225. The first-order valence-electron chi connectivity index (χ1n) is 6.39. The minimum atomic E-state index is 0.225. The molecule has 0 aliphatic carbocycles. The molecule has 0 aromatic heterocycles. The smallest absolute Gasteiger partial charge is 0.162 e. The molecule has 1 aromatic carbocycles. The van der Waals surface area contributed by atoms with E-state index in [1.165, 1.54) is 0 Å². The maximum Gasteiger partial charge on any atom is 0.162 e. The van der Waals surface area contributed by atoms with E-state index in [1.54, 1.807) is 13.2 Å². The zero-order valence-corrected chi connectivity index (χ0v) is 11.0. The Morgan fingerprint density at radius 3 is 3.00 bits per heavy atom. The van der Waals surface area contributed by atoms with Gasteiger partial charge in [0.2, 0.25) is 0 Å². The molecule has 1 aromatic rings. The second kappa shape index (κ2) is 6.07. The van der Waals surface area contributed by atoms with Crippen LogP contribution in [0.15, 0.2) is 18.2 Å². The Balaban J connectivity index is 1.86. The number of phenolic OH excluding ortho intramolecular Hbond substituents is 1. The Kier molecular flexibility index (Phi) is 4.44. The van der Waals surface area contributed by atoms with Gasteiger partial charge < -0.3 is 19.9 Å². The van der Waals surface area contributed by atoms with Crippen molar-refractivity contribution in [2.45, 2.75) is 26.0 Å². The highest BCUT2D eigenvalue weighted by atomic mass is 16.5. The Labute approximate surface area is 108 Å². The number of aromatic hydroxyl groups is 1. The van der Waals surface area contributed by atoms with Crippen molar-refractivity contribution in [3.63, 3.8) is 0 Å². The molecule has 4 nitrogen and oxygen atoms in total. The van der Waals surface area contributed by atoms with Gasteiger partial charge in [-0.2, -0.15) is 0 Å². The molecule has 4 heteroatoms. The van der Waals surface area contributed by atoms with Gasteiger partial charge in [-0.05, 0) is 25.3 Å². The second-order valence-electron chi connectivity index (χ2n) is 4.72. The molecule has 1 aliphatic rings. The molecular formula is C14H21NO3. The lowest BCUT2D eigenvalue weighted by molar-refractivity contribution is 0.105. The predicted molar refractivity (Wildman–Crippen MR) is 69.9 cm³/mol. The second-order valence-corrected chi connectivity index (χ2v) is 4.72. The van der Waals surface area contributed by atoms with Crippen molar-refractivity contribution in [2.75, 3.05) is 20.3 Å². The maximum absolute atomic E-state index is 9.94. The van der Waals surface area contributed by atoms with E-state index in [-0.39, 0.29) is 5.75 Å². The fourth-order valence-corrected chi connectivity index (χ4v) is 2.31. The van der Waals surface area contributed by atoms with E-state index in [2.05, 4.69) is 12.2 Å². The van der Waals surface area contributed by atoms with Gasteiger partial charge in [0.25, 0.3) is 0 Å². The highest BCUT2D eigenvalue weighted by molar-refractivity contribution is 5.45. The molecule has 18 heavy (non-hydrogen) atoms. The Bertz CT molecular complexity index is 395. The number of benzene rings is 1. The van der Waals surface area contributed by atoms with Crippen LogP contribution >= 0.6 is 0 Å². The van der Waals surface area contributed by atoms with Crippen molar-refractivity contribution in [3.05, 3.63) is 23.8 Å². The third-order valence-corrected chi connectivity index (χ3v) is 3.56. The molecule has 1 aliphatic heterocycles. The van der Waals surface area contributed by atoms with Crippen LogP contribution in [0.3, 0.4) is 0 Å². The minimum Gasteiger partial charge on any atom is -0.504 e. The van der Waals surface area contributed by atoms with E-state index >= 15 is 0 Å². The summed E-state index contributed by atoms with van der Waals surface area (Å²) in [7, 11) is 1.56. The quantitative estimate of drug-likeness (QED) is 0.839. The summed E-state index contributed by atoms with van der Waals surface area (Å²) in [6.45, 7) is 4.53. The van der Waals surface area contributed by atoms with Crippen LogP contribution in [0, 0.1) is 5.92 Å². The van der Waals surface area contributed by atoms with Gasteiger partial charge in [0, 0.05) is 25.3 Å². The number of phenols is 1. The average molecular weight is 251 g/mol. The van der Waals surface area contributed by atoms with E-state index in [9.17, 15) is 5.11 Å². The van der Waals surface area contributed by atoms with Crippen LogP contribution in [-0.4, -0.2) is 31.5 Å². The number of hydrogen-bond donors (Lipinski definition) is 2. The highest BCUT2D eigenvalue weighted by Crippen LogP contribution is 2.29. The summed E-state index contributed by atoms with van der Waals surface area (Å²) >= 11 is 0. The van der Waals surface area contributed by atoms with Gasteiger partial charge in [0.15, 0.2) is 11.5 Å². The van der Waals surface area contributed by atoms with Crippen LogP contribution in [0.2, 0.25) is 0 Å². The lowest BCUT2D eigenvalue weighted by Crippen LogP contribution is -2.26. The summed E-state index contributed by atoms with van der Waals surface area (Å²) in [5.74, 6) is 1.31. The van der Waals surface area contributed by atoms with Crippen molar-refractivity contribution in [3.8, 4) is 11.5 Å². The maximum atomic E-state index is 9.94. The topological polar surface area (TPSA) is 50.7 Å². The molecule has 100 valence electrons. The van der Waals surface area contributed by atoms with Crippen LogP contribution in [0.5, 0.6) is 11.5 Å². The summed E-state index contributed by atoms with van der Waals surface area (Å²) < 4.78 is 10.6. The zero-order valence-electron chi connectivity index (χ0n) is 11.0. The van der Waals surface area contributed by atoms with Gasteiger partial charge in [0.1, 0.15) is 0 Å². The predicted octanol–water partition coefficient (Wildman–Crippen LogP) is 1.92. The number of para-hydroxylation sites is 1. The van der Waals surface area contributed by atoms with Crippen LogP contribution in [0.1, 0.15) is 18.9 Å². The molecule has 2 rings (SSSR count). The largest absolute Gasteiger partial charge is 0.504 e. The van der Waals surface area contributed by atoms with Gasteiger partial charge in [-0.1, -0.05) is 12.1 Å². The number of methoxy groups -OCH3 is 1. The number of ether oxygens (including phenoxy) is 2. The first kappa shape index (κ1) is 13.2. The van der Waals surface area contributed by atoms with Crippen LogP contribution in [0.4, 0.5) is 0 Å². The summed E-state index contributed by atoms with van der Waals surface area (Å²) in [4.78, 5) is 0. The third kappa shape index (κ3) is 2.94. The number of hydrogen-bond acceptors (Lipinski definition) is 4. The number of rotatable bonds is 5. The Hall–Kier alpha value is -1.26. The molecule has 2 N–H and O–H groups in total. The molecule has 0 spiro atoms. The monoisotopic (exact) mass is 251 g/mol. The molecular weight excluding hydrogens is 230 g/mol. The first-order valence-corrected chi connectivity index (χ1v) is 6.39. The average Bonchev–Trinajstić information content (AvgIpc) is 2.77. The lowest BCUT2D eigenvalue weighted by Gasteiger charge is -2.15. The first-order chi connectivity index (χ1) is 8.72. The van der Waals surface area contributed by atoms with E-state index in [0.717, 1.165) is 25.1 Å². The molecule has 1 saturated heterocycles. The zero-order chi connectivity index (χ0) is 13.0. The molecule has 2 atom stereocenters. The van der Waals surface area contributed by atoms with Crippen molar-refractivity contribution in [1.29, 1.82) is 0 Å². The molecule has 0 bridgehead atoms. The highest BCUT2D eigenvalue weighted by Gasteiger charge is 2.23. The van der Waals surface area contributed by atoms with Gasteiger partial charge in [-0.25, -0.2) is 0 Å². The SMILES string of the molecule is COc1cccc(CNCC2CCOC2C)c1O. The lowest BCUT2D eigenvalue weighted by atomic mass is 10.0. The molecule has 0 amide bonds. The van der Waals surface area contributed by atoms with Gasteiger partial charge in [-0.15, -0.1) is 0 Å². The molecule has 1 heterocycles. The fraction of sp³-hybridized carbons (Fsp3) is 0.571. The van der Waals surface area contributed by atoms with Gasteiger partial charge in [0.05, 0.1) is 13.2 Å². The van der Waals surface area contributed by atoms with Crippen LogP contribution in [0.25, 0.3) is 0 Å². The van der Waals surface area contributed by atoms with E-state index in [1.807, 2.05) is 12.1 Å². The fourth-order valence-electron chi connectivity index (χ4n) is 2.31.